The van der Waals surface area contributed by atoms with Crippen molar-refractivity contribution in [1.29, 1.82) is 5.26 Å². The number of amides is 1. The molecule has 1 heterocycles. The van der Waals surface area contributed by atoms with Crippen LogP contribution in [0, 0.1) is 25.2 Å². The zero-order valence-corrected chi connectivity index (χ0v) is 13.0. The number of carbonyl (C=O) groups excluding carboxylic acids is 1. The number of pyridine rings is 1. The molecule has 0 aliphatic rings. The largest absolute Gasteiger partial charge is 0.350 e. The highest BCUT2D eigenvalue weighted by atomic mass is 16.1. The Morgan fingerprint density at radius 3 is 2.57 bits per heavy atom. The van der Waals surface area contributed by atoms with Crippen LogP contribution in [0.4, 0.5) is 0 Å². The summed E-state index contributed by atoms with van der Waals surface area (Å²) in [4.78, 5) is 26.2. The van der Waals surface area contributed by atoms with E-state index in [1.807, 2.05) is 19.9 Å². The van der Waals surface area contributed by atoms with Crippen molar-refractivity contribution in [1.82, 2.24) is 10.3 Å². The van der Waals surface area contributed by atoms with Crippen molar-refractivity contribution < 1.29 is 4.79 Å². The first-order chi connectivity index (χ1) is 9.71. The van der Waals surface area contributed by atoms with E-state index in [2.05, 4.69) is 10.3 Å². The van der Waals surface area contributed by atoms with Gasteiger partial charge in [0.2, 0.25) is 5.91 Å². The molecular formula is C15H22N4O2. The number of aromatic amines is 1. The lowest BCUT2D eigenvalue weighted by atomic mass is 9.98. The fraction of sp³-hybridized carbons (Fsp3) is 0.533. The minimum Gasteiger partial charge on any atom is -0.350 e. The van der Waals surface area contributed by atoms with Crippen LogP contribution in [0.25, 0.3) is 0 Å². The Kier molecular flexibility index (Phi) is 5.28. The molecule has 1 aromatic rings. The van der Waals surface area contributed by atoms with Crippen LogP contribution >= 0.6 is 0 Å². The Morgan fingerprint density at radius 1 is 1.43 bits per heavy atom. The normalized spacial score (nSPS) is 11.0. The lowest BCUT2D eigenvalue weighted by Gasteiger charge is -2.24. The Bertz CT molecular complexity index is 638. The van der Waals surface area contributed by atoms with E-state index >= 15 is 0 Å². The van der Waals surface area contributed by atoms with Gasteiger partial charge in [-0.05, 0) is 45.2 Å². The summed E-state index contributed by atoms with van der Waals surface area (Å²) in [6.45, 7) is 7.57. The first-order valence-electron chi connectivity index (χ1n) is 6.85. The molecule has 114 valence electrons. The molecule has 1 aromatic heterocycles. The number of hydrogen-bond donors (Lipinski definition) is 3. The summed E-state index contributed by atoms with van der Waals surface area (Å²) in [6.07, 6.45) is 0.748. The Labute approximate surface area is 124 Å². The zero-order valence-electron chi connectivity index (χ0n) is 13.0. The van der Waals surface area contributed by atoms with Crippen molar-refractivity contribution >= 4 is 5.91 Å². The molecule has 0 fully saturated rings. The van der Waals surface area contributed by atoms with E-state index in [0.29, 0.717) is 24.2 Å². The first kappa shape index (κ1) is 16.9. The van der Waals surface area contributed by atoms with Crippen molar-refractivity contribution in [3.05, 3.63) is 32.7 Å². The van der Waals surface area contributed by atoms with E-state index in [1.165, 1.54) is 0 Å². The van der Waals surface area contributed by atoms with Gasteiger partial charge in [0.1, 0.15) is 11.6 Å². The zero-order chi connectivity index (χ0) is 16.2. The van der Waals surface area contributed by atoms with Crippen molar-refractivity contribution in [2.75, 3.05) is 6.54 Å². The molecule has 0 aromatic carbocycles. The minimum absolute atomic E-state index is 0.103. The molecule has 0 bridgehead atoms. The number of nitrogens with two attached hydrogens (primary N) is 1. The van der Waals surface area contributed by atoms with E-state index in [9.17, 15) is 9.59 Å². The van der Waals surface area contributed by atoms with Crippen LogP contribution in [0.15, 0.2) is 4.79 Å². The monoisotopic (exact) mass is 290 g/mol. The van der Waals surface area contributed by atoms with Gasteiger partial charge < -0.3 is 16.0 Å². The summed E-state index contributed by atoms with van der Waals surface area (Å²) in [5, 5.41) is 11.9. The third-order valence-electron chi connectivity index (χ3n) is 3.51. The molecule has 0 spiro atoms. The van der Waals surface area contributed by atoms with Gasteiger partial charge in [0.05, 0.1) is 0 Å². The van der Waals surface area contributed by atoms with Crippen molar-refractivity contribution in [2.24, 2.45) is 5.73 Å². The summed E-state index contributed by atoms with van der Waals surface area (Å²) in [7, 11) is 0. The second kappa shape index (κ2) is 6.55. The molecule has 0 saturated carbocycles. The van der Waals surface area contributed by atoms with Gasteiger partial charge in [0, 0.05) is 24.2 Å². The number of aryl methyl sites for hydroxylation is 1. The average Bonchev–Trinajstić information content (AvgIpc) is 2.38. The quantitative estimate of drug-likeness (QED) is 0.739. The number of hydrogen-bond acceptors (Lipinski definition) is 4. The van der Waals surface area contributed by atoms with Crippen molar-refractivity contribution in [3.63, 3.8) is 0 Å². The second-order valence-electron chi connectivity index (χ2n) is 5.81. The van der Waals surface area contributed by atoms with E-state index in [1.54, 1.807) is 13.8 Å². The predicted octanol–water partition coefficient (Wildman–Crippen LogP) is 0.650. The summed E-state index contributed by atoms with van der Waals surface area (Å²) in [5.41, 5.74) is 7.04. The van der Waals surface area contributed by atoms with Gasteiger partial charge in [-0.15, -0.1) is 0 Å². The minimum atomic E-state index is -0.440. The van der Waals surface area contributed by atoms with Crippen LogP contribution in [-0.2, 0) is 11.2 Å². The fourth-order valence-corrected chi connectivity index (χ4v) is 2.15. The lowest BCUT2D eigenvalue weighted by Crippen LogP contribution is -2.48. The van der Waals surface area contributed by atoms with Gasteiger partial charge >= 0.3 is 0 Å². The molecule has 21 heavy (non-hydrogen) atoms. The number of carbonyl (C=O) groups is 1. The van der Waals surface area contributed by atoms with Crippen LogP contribution in [0.3, 0.4) is 0 Å². The highest BCUT2D eigenvalue weighted by Crippen LogP contribution is 2.15. The molecule has 6 heteroatoms. The number of aromatic nitrogens is 1. The summed E-state index contributed by atoms with van der Waals surface area (Å²) < 4.78 is 0. The van der Waals surface area contributed by atoms with Gasteiger partial charge in [-0.25, -0.2) is 0 Å². The molecule has 0 aliphatic carbocycles. The maximum absolute atomic E-state index is 11.9. The number of nitriles is 1. The highest BCUT2D eigenvalue weighted by Gasteiger charge is 2.19. The lowest BCUT2D eigenvalue weighted by molar-refractivity contribution is -0.122. The van der Waals surface area contributed by atoms with Crippen LogP contribution in [-0.4, -0.2) is 23.0 Å². The Hall–Kier alpha value is -2.13. The van der Waals surface area contributed by atoms with Gasteiger partial charge in [0.25, 0.3) is 5.56 Å². The van der Waals surface area contributed by atoms with Crippen LogP contribution in [0.1, 0.15) is 42.7 Å². The number of nitrogens with one attached hydrogen (secondary N) is 2. The van der Waals surface area contributed by atoms with E-state index in [4.69, 9.17) is 11.0 Å². The maximum atomic E-state index is 11.9. The summed E-state index contributed by atoms with van der Waals surface area (Å²) in [5.74, 6) is -0.103. The Morgan fingerprint density at radius 2 is 2.05 bits per heavy atom. The average molecular weight is 290 g/mol. The maximum Gasteiger partial charge on any atom is 0.266 e. The van der Waals surface area contributed by atoms with E-state index < -0.39 is 5.54 Å². The molecule has 0 saturated heterocycles. The molecule has 0 atom stereocenters. The van der Waals surface area contributed by atoms with Gasteiger partial charge in [-0.2, -0.15) is 5.26 Å². The van der Waals surface area contributed by atoms with Crippen LogP contribution in [0.2, 0.25) is 0 Å². The molecule has 4 N–H and O–H groups in total. The van der Waals surface area contributed by atoms with Gasteiger partial charge in [-0.1, -0.05) is 0 Å². The molecule has 0 aliphatic heterocycles. The van der Waals surface area contributed by atoms with Crippen molar-refractivity contribution in [2.45, 2.75) is 46.1 Å². The van der Waals surface area contributed by atoms with Crippen LogP contribution in [0.5, 0.6) is 0 Å². The molecular weight excluding hydrogens is 268 g/mol. The van der Waals surface area contributed by atoms with Crippen molar-refractivity contribution in [3.8, 4) is 6.07 Å². The smallest absolute Gasteiger partial charge is 0.266 e. The number of rotatable bonds is 5. The number of H-pyrrole nitrogens is 1. The molecule has 6 nitrogen and oxygen atoms in total. The van der Waals surface area contributed by atoms with Crippen LogP contribution < -0.4 is 16.6 Å². The molecule has 0 radical (unpaired) electrons. The summed E-state index contributed by atoms with van der Waals surface area (Å²) >= 11 is 0. The molecule has 1 amide bonds. The third-order valence-corrected chi connectivity index (χ3v) is 3.51. The van der Waals surface area contributed by atoms with E-state index in [0.717, 1.165) is 5.56 Å². The standard InChI is InChI=1S/C15H22N4O2/c1-9-11(10(2)18-14(21)12(9)7-16)5-6-13(20)19-15(3,4)8-17/h5-6,8,17H2,1-4H3,(H,18,21)(H,19,20). The summed E-state index contributed by atoms with van der Waals surface area (Å²) in [6, 6.07) is 1.91. The number of nitrogens with zero attached hydrogens (tertiary/aromatic N) is 1. The Balaban J connectivity index is 2.89. The molecule has 0 unspecified atom stereocenters. The topological polar surface area (TPSA) is 112 Å². The molecule has 1 rings (SSSR count). The second-order valence-corrected chi connectivity index (χ2v) is 5.81. The highest BCUT2D eigenvalue weighted by molar-refractivity contribution is 5.77. The SMILES string of the molecule is Cc1[nH]c(=O)c(C#N)c(C)c1CCC(=O)NC(C)(C)CN. The van der Waals surface area contributed by atoms with Gasteiger partial charge in [0.15, 0.2) is 0 Å². The predicted molar refractivity (Wildman–Crippen MR) is 80.8 cm³/mol. The fourth-order valence-electron chi connectivity index (χ4n) is 2.15. The van der Waals surface area contributed by atoms with Gasteiger partial charge in [-0.3, -0.25) is 9.59 Å². The third kappa shape index (κ3) is 4.17. The van der Waals surface area contributed by atoms with E-state index in [-0.39, 0.29) is 23.5 Å². The first-order valence-corrected chi connectivity index (χ1v) is 6.85.